The lowest BCUT2D eigenvalue weighted by molar-refractivity contribution is 0.0946. The van der Waals surface area contributed by atoms with E-state index >= 15 is 0 Å². The Bertz CT molecular complexity index is 504. The van der Waals surface area contributed by atoms with Gasteiger partial charge < -0.3 is 10.2 Å². The predicted molar refractivity (Wildman–Crippen MR) is 100 cm³/mol. The van der Waals surface area contributed by atoms with E-state index in [2.05, 4.69) is 45.8 Å². The van der Waals surface area contributed by atoms with Crippen LogP contribution in [0.3, 0.4) is 0 Å². The van der Waals surface area contributed by atoms with E-state index in [4.69, 9.17) is 0 Å². The van der Waals surface area contributed by atoms with Gasteiger partial charge in [-0.25, -0.2) is 0 Å². The zero-order chi connectivity index (χ0) is 15.9. The van der Waals surface area contributed by atoms with Crippen molar-refractivity contribution in [3.63, 3.8) is 0 Å². The molecule has 1 atom stereocenters. The summed E-state index contributed by atoms with van der Waals surface area (Å²) in [6.07, 6.45) is 6.31. The van der Waals surface area contributed by atoms with Crippen LogP contribution in [-0.4, -0.2) is 36.5 Å². The number of carbonyl (C=O) groups is 1. The molecule has 1 unspecified atom stereocenters. The Morgan fingerprint density at radius 1 is 1.41 bits per heavy atom. The average molecular weight is 414 g/mol. The van der Waals surface area contributed by atoms with Crippen LogP contribution in [0, 0.1) is 10.5 Å². The summed E-state index contributed by atoms with van der Waals surface area (Å²) >= 11 is 2.24. The summed E-state index contributed by atoms with van der Waals surface area (Å²) in [5.74, 6) is 0.0510. The van der Waals surface area contributed by atoms with Crippen LogP contribution in [0.15, 0.2) is 18.2 Å². The van der Waals surface area contributed by atoms with Crippen molar-refractivity contribution in [2.24, 2.45) is 0 Å². The standard InChI is InChI=1S/C18H27IN2O/c1-3-15-7-4-5-11-21(15)12-6-10-20-18(22)16-9-8-14(2)13-17(16)19/h8-9,13,15H,3-7,10-12H2,1-2H3,(H,20,22). The molecule has 1 saturated heterocycles. The minimum absolute atomic E-state index is 0.0510. The lowest BCUT2D eigenvalue weighted by atomic mass is 10.00. The Balaban J connectivity index is 1.75. The van der Waals surface area contributed by atoms with Crippen LogP contribution < -0.4 is 5.32 Å². The highest BCUT2D eigenvalue weighted by Crippen LogP contribution is 2.19. The van der Waals surface area contributed by atoms with E-state index in [1.165, 1.54) is 37.8 Å². The molecule has 3 nitrogen and oxygen atoms in total. The monoisotopic (exact) mass is 414 g/mol. The van der Waals surface area contributed by atoms with Crippen LogP contribution in [-0.2, 0) is 0 Å². The van der Waals surface area contributed by atoms with E-state index in [0.29, 0.717) is 0 Å². The first kappa shape index (κ1) is 17.7. The van der Waals surface area contributed by atoms with E-state index in [9.17, 15) is 4.79 Å². The molecule has 1 aliphatic heterocycles. The number of piperidine rings is 1. The third kappa shape index (κ3) is 4.95. The first-order valence-corrected chi connectivity index (χ1v) is 9.48. The molecule has 0 aromatic heterocycles. The molecular weight excluding hydrogens is 387 g/mol. The highest BCUT2D eigenvalue weighted by atomic mass is 127. The molecule has 2 rings (SSSR count). The van der Waals surface area contributed by atoms with Crippen LogP contribution in [0.25, 0.3) is 0 Å². The molecule has 1 aliphatic rings. The number of nitrogens with one attached hydrogen (secondary N) is 1. The SMILES string of the molecule is CCC1CCCCN1CCCNC(=O)c1ccc(C)cc1I. The van der Waals surface area contributed by atoms with Crippen molar-refractivity contribution in [2.75, 3.05) is 19.6 Å². The Labute approximate surface area is 148 Å². The van der Waals surface area contributed by atoms with E-state index in [-0.39, 0.29) is 5.91 Å². The number of amides is 1. The van der Waals surface area contributed by atoms with Gasteiger partial charge in [-0.3, -0.25) is 4.79 Å². The lowest BCUT2D eigenvalue weighted by Gasteiger charge is -2.35. The Hall–Kier alpha value is -0.620. The molecule has 1 fully saturated rings. The van der Waals surface area contributed by atoms with Crippen LogP contribution in [0.4, 0.5) is 0 Å². The highest BCUT2D eigenvalue weighted by molar-refractivity contribution is 14.1. The predicted octanol–water partition coefficient (Wildman–Crippen LogP) is 3.98. The molecule has 4 heteroatoms. The minimum atomic E-state index is 0.0510. The fourth-order valence-electron chi connectivity index (χ4n) is 3.20. The molecule has 0 saturated carbocycles. The second-order valence-corrected chi connectivity index (χ2v) is 7.35. The minimum Gasteiger partial charge on any atom is -0.352 e. The normalized spacial score (nSPS) is 19.1. The van der Waals surface area contributed by atoms with Gasteiger partial charge in [-0.1, -0.05) is 25.0 Å². The largest absolute Gasteiger partial charge is 0.352 e. The summed E-state index contributed by atoms with van der Waals surface area (Å²) in [6, 6.07) is 6.72. The van der Waals surface area contributed by atoms with Crippen LogP contribution in [0.2, 0.25) is 0 Å². The van der Waals surface area contributed by atoms with Crippen molar-refractivity contribution in [1.29, 1.82) is 0 Å². The maximum atomic E-state index is 12.2. The van der Waals surface area contributed by atoms with Gasteiger partial charge in [0.15, 0.2) is 0 Å². The molecular formula is C18H27IN2O. The topological polar surface area (TPSA) is 32.3 Å². The van der Waals surface area contributed by atoms with Gasteiger partial charge in [0.2, 0.25) is 0 Å². The number of hydrogen-bond acceptors (Lipinski definition) is 2. The molecule has 1 aromatic carbocycles. The molecule has 0 radical (unpaired) electrons. The number of rotatable bonds is 6. The second-order valence-electron chi connectivity index (χ2n) is 6.19. The quantitative estimate of drug-likeness (QED) is 0.564. The van der Waals surface area contributed by atoms with E-state index in [0.717, 1.165) is 34.7 Å². The van der Waals surface area contributed by atoms with Crippen LogP contribution in [0.5, 0.6) is 0 Å². The molecule has 1 heterocycles. The van der Waals surface area contributed by atoms with Gasteiger partial charge in [0.25, 0.3) is 5.91 Å². The van der Waals surface area contributed by atoms with Gasteiger partial charge in [0.05, 0.1) is 5.56 Å². The van der Waals surface area contributed by atoms with Gasteiger partial charge in [-0.05, 0) is 73.9 Å². The van der Waals surface area contributed by atoms with Crippen molar-refractivity contribution in [3.05, 3.63) is 32.9 Å². The Kier molecular flexibility index (Phi) is 7.15. The van der Waals surface area contributed by atoms with Gasteiger partial charge in [0.1, 0.15) is 0 Å². The van der Waals surface area contributed by atoms with Crippen LogP contribution in [0.1, 0.15) is 54.9 Å². The van der Waals surface area contributed by atoms with Crippen molar-refractivity contribution >= 4 is 28.5 Å². The fraction of sp³-hybridized carbons (Fsp3) is 0.611. The number of hydrogen-bond donors (Lipinski definition) is 1. The first-order valence-electron chi connectivity index (χ1n) is 8.40. The molecule has 1 aromatic rings. The van der Waals surface area contributed by atoms with E-state index in [1.54, 1.807) is 0 Å². The fourth-order valence-corrected chi connectivity index (χ4v) is 4.12. The zero-order valence-corrected chi connectivity index (χ0v) is 15.9. The number of benzene rings is 1. The summed E-state index contributed by atoms with van der Waals surface area (Å²) < 4.78 is 1.03. The van der Waals surface area contributed by atoms with Crippen molar-refractivity contribution in [2.45, 2.75) is 52.0 Å². The number of carbonyl (C=O) groups excluding carboxylic acids is 1. The van der Waals surface area contributed by atoms with Crippen molar-refractivity contribution in [3.8, 4) is 0 Å². The number of likely N-dealkylation sites (tertiary alicyclic amines) is 1. The van der Waals surface area contributed by atoms with E-state index < -0.39 is 0 Å². The Morgan fingerprint density at radius 2 is 2.23 bits per heavy atom. The summed E-state index contributed by atoms with van der Waals surface area (Å²) in [6.45, 7) is 7.42. The van der Waals surface area contributed by atoms with Crippen molar-refractivity contribution < 1.29 is 4.79 Å². The third-order valence-electron chi connectivity index (χ3n) is 4.50. The number of nitrogens with zero attached hydrogens (tertiary/aromatic N) is 1. The molecule has 0 aliphatic carbocycles. The van der Waals surface area contributed by atoms with Gasteiger partial charge in [0, 0.05) is 22.7 Å². The zero-order valence-electron chi connectivity index (χ0n) is 13.7. The second kappa shape index (κ2) is 8.87. The van der Waals surface area contributed by atoms with Crippen LogP contribution >= 0.6 is 22.6 Å². The van der Waals surface area contributed by atoms with Gasteiger partial charge >= 0.3 is 0 Å². The third-order valence-corrected chi connectivity index (χ3v) is 5.39. The van der Waals surface area contributed by atoms with Gasteiger partial charge in [-0.2, -0.15) is 0 Å². The average Bonchev–Trinajstić information content (AvgIpc) is 2.51. The Morgan fingerprint density at radius 3 is 2.95 bits per heavy atom. The summed E-state index contributed by atoms with van der Waals surface area (Å²) in [5.41, 5.74) is 1.98. The molecule has 22 heavy (non-hydrogen) atoms. The number of aryl methyl sites for hydroxylation is 1. The highest BCUT2D eigenvalue weighted by Gasteiger charge is 2.19. The smallest absolute Gasteiger partial charge is 0.252 e. The van der Waals surface area contributed by atoms with Crippen molar-refractivity contribution in [1.82, 2.24) is 10.2 Å². The number of halogens is 1. The molecule has 0 spiro atoms. The molecule has 1 N–H and O–H groups in total. The maximum Gasteiger partial charge on any atom is 0.252 e. The summed E-state index contributed by atoms with van der Waals surface area (Å²) in [5, 5.41) is 3.06. The summed E-state index contributed by atoms with van der Waals surface area (Å²) in [7, 11) is 0. The summed E-state index contributed by atoms with van der Waals surface area (Å²) in [4.78, 5) is 14.8. The maximum absolute atomic E-state index is 12.2. The first-order chi connectivity index (χ1) is 10.6. The lowest BCUT2D eigenvalue weighted by Crippen LogP contribution is -2.40. The van der Waals surface area contributed by atoms with E-state index in [1.807, 2.05) is 19.1 Å². The molecule has 0 bridgehead atoms. The molecule has 1 amide bonds. The van der Waals surface area contributed by atoms with Gasteiger partial charge in [-0.15, -0.1) is 0 Å². The molecule has 122 valence electrons.